The Morgan fingerprint density at radius 2 is 0.789 bits per heavy atom. The Kier molecular flexibility index (Phi) is 55.6. The van der Waals surface area contributed by atoms with Crippen molar-refractivity contribution in [3.63, 3.8) is 0 Å². The Morgan fingerprint density at radius 3 is 1.16 bits per heavy atom. The molecule has 0 heterocycles. The van der Waals surface area contributed by atoms with Gasteiger partial charge in [-0.2, -0.15) is 0 Å². The number of phosphoric ester groups is 1. The number of aliphatic hydroxyl groups excluding tert-OH is 1. The van der Waals surface area contributed by atoms with Crippen LogP contribution in [0.4, 0.5) is 0 Å². The van der Waals surface area contributed by atoms with Gasteiger partial charge in [0.25, 0.3) is 0 Å². The fraction of sp³-hybridized carbons (Fsp3) is 0.776. The predicted octanol–water partition coefficient (Wildman–Crippen LogP) is 20.0. The van der Waals surface area contributed by atoms with E-state index in [1.807, 2.05) is 27.2 Å². The van der Waals surface area contributed by atoms with Gasteiger partial charge in [0.2, 0.25) is 5.91 Å². The molecule has 9 heteroatoms. The minimum absolute atomic E-state index is 0.0521. The smallest absolute Gasteiger partial charge is 0.387 e. The Labute approximate surface area is 471 Å². The molecule has 1 amide bonds. The van der Waals surface area contributed by atoms with Crippen LogP contribution in [0.25, 0.3) is 0 Å². The van der Waals surface area contributed by atoms with Crippen LogP contribution in [0.5, 0.6) is 0 Å². The van der Waals surface area contributed by atoms with E-state index in [9.17, 15) is 19.4 Å². The Balaban J connectivity index is 4.18. The van der Waals surface area contributed by atoms with Crippen LogP contribution >= 0.6 is 7.82 Å². The lowest BCUT2D eigenvalue weighted by Crippen LogP contribution is -2.45. The molecule has 0 aromatic heterocycles. The number of carbonyl (C=O) groups is 1. The van der Waals surface area contributed by atoms with Crippen LogP contribution in [0.15, 0.2) is 85.1 Å². The first-order valence-electron chi connectivity index (χ1n) is 32.0. The summed E-state index contributed by atoms with van der Waals surface area (Å²) < 4.78 is 23.8. The molecule has 0 bridgehead atoms. The third-order valence-electron chi connectivity index (χ3n) is 14.1. The molecule has 8 nitrogen and oxygen atoms in total. The van der Waals surface area contributed by atoms with E-state index in [2.05, 4.69) is 92.1 Å². The number of carbonyl (C=O) groups excluding carboxylic acids is 1. The summed E-state index contributed by atoms with van der Waals surface area (Å²) in [6.07, 6.45) is 81.4. The van der Waals surface area contributed by atoms with Gasteiger partial charge in [0.1, 0.15) is 13.2 Å². The van der Waals surface area contributed by atoms with Gasteiger partial charge >= 0.3 is 7.82 Å². The molecule has 0 spiro atoms. The van der Waals surface area contributed by atoms with E-state index in [4.69, 9.17) is 9.05 Å². The Bertz CT molecular complexity index is 1510. The van der Waals surface area contributed by atoms with Crippen LogP contribution in [0.3, 0.4) is 0 Å². The summed E-state index contributed by atoms with van der Waals surface area (Å²) in [6.45, 7) is 4.70. The summed E-state index contributed by atoms with van der Waals surface area (Å²) in [7, 11) is 1.55. The average molecular weight is 1080 g/mol. The van der Waals surface area contributed by atoms with E-state index in [1.54, 1.807) is 6.08 Å². The van der Waals surface area contributed by atoms with Gasteiger partial charge in [-0.05, 0) is 70.6 Å². The van der Waals surface area contributed by atoms with Crippen molar-refractivity contribution < 1.29 is 32.9 Å². The van der Waals surface area contributed by atoms with Crippen molar-refractivity contribution in [1.29, 1.82) is 0 Å². The van der Waals surface area contributed by atoms with Gasteiger partial charge in [0.15, 0.2) is 0 Å². The monoisotopic (exact) mass is 1080 g/mol. The second kappa shape index (κ2) is 57.4. The van der Waals surface area contributed by atoms with Crippen molar-refractivity contribution in [3.8, 4) is 0 Å². The van der Waals surface area contributed by atoms with E-state index in [1.165, 1.54) is 173 Å². The fourth-order valence-electron chi connectivity index (χ4n) is 9.17. The van der Waals surface area contributed by atoms with Crippen LogP contribution in [0.2, 0.25) is 0 Å². The third-order valence-corrected chi connectivity index (χ3v) is 15.1. The van der Waals surface area contributed by atoms with Crippen molar-refractivity contribution in [2.75, 3.05) is 40.9 Å². The molecule has 3 atom stereocenters. The predicted molar refractivity (Wildman–Crippen MR) is 332 cm³/mol. The van der Waals surface area contributed by atoms with Gasteiger partial charge in [-0.3, -0.25) is 13.8 Å². The van der Waals surface area contributed by atoms with Crippen molar-refractivity contribution in [3.05, 3.63) is 85.1 Å². The van der Waals surface area contributed by atoms with Crippen molar-refractivity contribution >= 4 is 13.7 Å². The summed E-state index contributed by atoms with van der Waals surface area (Å²) in [5, 5.41) is 14.0. The molecule has 0 saturated carbocycles. The normalized spacial score (nSPS) is 14.4. The number of allylic oxidation sites excluding steroid dienone is 13. The number of rotatable bonds is 58. The first-order valence-corrected chi connectivity index (χ1v) is 33.5. The number of hydrogen-bond donors (Lipinski definition) is 3. The van der Waals surface area contributed by atoms with Gasteiger partial charge in [0.05, 0.1) is 39.9 Å². The highest BCUT2D eigenvalue weighted by Gasteiger charge is 2.27. The SMILES string of the molecule is CC/C=C\C/C=C\C/C=C\C/C=C\C/C=C\C/C=C\CCCCCCC(=O)NC(COP(=O)(O)OCC[N+](C)(C)C)C(O)/C=C/CCCCCCCCCCCCCCCCCCCCCCCCCCCCCCC. The molecule has 76 heavy (non-hydrogen) atoms. The molecule has 3 N–H and O–H groups in total. The topological polar surface area (TPSA) is 105 Å². The van der Waals surface area contributed by atoms with Crippen molar-refractivity contribution in [1.82, 2.24) is 5.32 Å². The molecule has 0 rings (SSSR count). The third kappa shape index (κ3) is 59.3. The summed E-state index contributed by atoms with van der Waals surface area (Å²) in [4.78, 5) is 23.3. The molecule has 442 valence electrons. The molecule has 0 aliphatic heterocycles. The largest absolute Gasteiger partial charge is 0.472 e. The lowest BCUT2D eigenvalue weighted by molar-refractivity contribution is -0.870. The Hall–Kier alpha value is -2.32. The molecule has 0 aromatic rings. The summed E-state index contributed by atoms with van der Waals surface area (Å²) in [5.41, 5.74) is 0. The van der Waals surface area contributed by atoms with E-state index < -0.39 is 20.0 Å². The number of nitrogens with zero attached hydrogens (tertiary/aromatic N) is 1. The quantitative estimate of drug-likeness (QED) is 0.0243. The minimum Gasteiger partial charge on any atom is -0.387 e. The number of phosphoric acid groups is 1. The van der Waals surface area contributed by atoms with Crippen molar-refractivity contribution in [2.24, 2.45) is 0 Å². The molecule has 0 fully saturated rings. The maximum Gasteiger partial charge on any atom is 0.472 e. The molecular weight excluding hydrogens is 960 g/mol. The highest BCUT2D eigenvalue weighted by molar-refractivity contribution is 7.47. The van der Waals surface area contributed by atoms with Crippen LogP contribution in [0, 0.1) is 0 Å². The zero-order valence-electron chi connectivity index (χ0n) is 50.5. The maximum atomic E-state index is 13.0. The second-order valence-electron chi connectivity index (χ2n) is 22.8. The fourth-order valence-corrected chi connectivity index (χ4v) is 9.90. The molecule has 0 saturated heterocycles. The van der Waals surface area contributed by atoms with Gasteiger partial charge in [-0.15, -0.1) is 0 Å². The van der Waals surface area contributed by atoms with E-state index >= 15 is 0 Å². The highest BCUT2D eigenvalue weighted by Crippen LogP contribution is 2.43. The molecule has 3 unspecified atom stereocenters. The van der Waals surface area contributed by atoms with Crippen LogP contribution in [-0.2, 0) is 18.4 Å². The van der Waals surface area contributed by atoms with Gasteiger partial charge in [-0.25, -0.2) is 4.57 Å². The van der Waals surface area contributed by atoms with Gasteiger partial charge in [-0.1, -0.05) is 292 Å². The number of aliphatic hydroxyl groups is 1. The van der Waals surface area contributed by atoms with Gasteiger partial charge < -0.3 is 19.8 Å². The van der Waals surface area contributed by atoms with Gasteiger partial charge in [0, 0.05) is 6.42 Å². The molecule has 0 aromatic carbocycles. The second-order valence-corrected chi connectivity index (χ2v) is 24.2. The zero-order valence-corrected chi connectivity index (χ0v) is 51.4. The first kappa shape index (κ1) is 73.7. The number of unbranched alkanes of at least 4 members (excludes halogenated alkanes) is 33. The van der Waals surface area contributed by atoms with Crippen LogP contribution in [0.1, 0.15) is 284 Å². The van der Waals surface area contributed by atoms with Crippen molar-refractivity contribution in [2.45, 2.75) is 296 Å². The summed E-state index contributed by atoms with van der Waals surface area (Å²) in [5.74, 6) is -0.201. The lowest BCUT2D eigenvalue weighted by atomic mass is 10.0. The van der Waals surface area contributed by atoms with Crippen LogP contribution < -0.4 is 5.32 Å². The summed E-state index contributed by atoms with van der Waals surface area (Å²) in [6, 6.07) is -0.868. The first-order chi connectivity index (χ1) is 37.0. The van der Waals surface area contributed by atoms with Crippen LogP contribution in [-0.4, -0.2) is 73.4 Å². The number of quaternary nitrogens is 1. The molecular formula is C67H124N2O6P+. The Morgan fingerprint density at radius 1 is 0.461 bits per heavy atom. The number of amides is 1. The number of nitrogens with one attached hydrogen (secondary N) is 1. The van der Waals surface area contributed by atoms with E-state index in [-0.39, 0.29) is 19.1 Å². The van der Waals surface area contributed by atoms with E-state index in [0.29, 0.717) is 17.4 Å². The minimum atomic E-state index is -4.36. The molecule has 0 aliphatic rings. The average Bonchev–Trinajstić information content (AvgIpc) is 3.38. The number of likely N-dealkylation sites (N-methyl/N-ethyl adjacent to an activating group) is 1. The standard InChI is InChI=1S/C67H123N2O6P/c1-6-8-10-12-14-16-18-20-22-24-26-28-30-31-32-33-34-35-36-37-39-40-42-44-46-48-50-52-54-56-58-60-66(70)65(64-75-76(72,73)74-63-62-69(3,4)5)68-67(71)61-59-57-55-53-51-49-47-45-43-41-38-29-27-25-23-21-19-17-15-13-11-9-7-2/h9,11,15,17,21,23,27,29,41,43,47,49,58,60,65-66,70H,6-8,10,12-14,16,18-20,22,24-26,28,30-40,42,44-46,48,50-57,59,61-64H2,1-5H3,(H-,68,71,72,73)/p+1/b11-9-,17-15-,23-21-,29-27-,43-41-,49-47-,60-58+. The molecule has 0 radical (unpaired) electrons. The number of hydrogen-bond acceptors (Lipinski definition) is 5. The lowest BCUT2D eigenvalue weighted by Gasteiger charge is -2.25. The summed E-state index contributed by atoms with van der Waals surface area (Å²) >= 11 is 0. The van der Waals surface area contributed by atoms with E-state index in [0.717, 1.165) is 89.9 Å². The zero-order chi connectivity index (χ0) is 55.6. The highest BCUT2D eigenvalue weighted by atomic mass is 31.2. The molecule has 0 aliphatic carbocycles. The maximum absolute atomic E-state index is 13.0.